The number of rotatable bonds is 2. The smallest absolute Gasteiger partial charge is 0.230 e. The summed E-state index contributed by atoms with van der Waals surface area (Å²) in [6.45, 7) is 8.80. The number of hydrogen-bond acceptors (Lipinski definition) is 1. The second kappa shape index (κ2) is 3.80. The van der Waals surface area contributed by atoms with Crippen LogP contribution in [0.1, 0.15) is 19.8 Å². The van der Waals surface area contributed by atoms with Gasteiger partial charge in [0.1, 0.15) is 0 Å². The Hall–Kier alpha value is -1.53. The van der Waals surface area contributed by atoms with Gasteiger partial charge in [-0.25, -0.2) is 4.85 Å². The van der Waals surface area contributed by atoms with Gasteiger partial charge in [-0.3, -0.25) is 4.79 Å². The monoisotopic (exact) mass is 234 g/mol. The third kappa shape index (κ3) is 2.02. The summed E-state index contributed by atoms with van der Waals surface area (Å²) >= 11 is 5.88. The molecule has 0 saturated heterocycles. The second-order valence-corrected chi connectivity index (χ2v) is 4.70. The molecule has 1 N–H and O–H groups in total. The average Bonchev–Trinajstić information content (AvgIpc) is 2.98. The number of carbonyl (C=O) groups excluding carboxylic acids is 1. The van der Waals surface area contributed by atoms with Crippen molar-refractivity contribution in [1.29, 1.82) is 0 Å². The minimum absolute atomic E-state index is 0.0270. The minimum Gasteiger partial charge on any atom is -0.326 e. The second-order valence-electron chi connectivity index (χ2n) is 4.29. The Kier molecular flexibility index (Phi) is 2.61. The van der Waals surface area contributed by atoms with E-state index in [0.29, 0.717) is 16.4 Å². The van der Waals surface area contributed by atoms with Gasteiger partial charge in [0, 0.05) is 16.1 Å². The lowest BCUT2D eigenvalue weighted by atomic mass is 10.1. The molecule has 1 amide bonds. The van der Waals surface area contributed by atoms with Crippen molar-refractivity contribution in [1.82, 2.24) is 0 Å². The molecule has 82 valence electrons. The molecule has 16 heavy (non-hydrogen) atoms. The molecule has 1 aromatic carbocycles. The van der Waals surface area contributed by atoms with Crippen molar-refractivity contribution in [2.45, 2.75) is 19.8 Å². The Labute approximate surface area is 99.2 Å². The molecule has 0 bridgehead atoms. The Bertz CT molecular complexity index is 486. The minimum atomic E-state index is -0.203. The van der Waals surface area contributed by atoms with Crippen LogP contribution < -0.4 is 5.32 Å². The molecule has 2 rings (SSSR count). The first-order valence-electron chi connectivity index (χ1n) is 5.04. The van der Waals surface area contributed by atoms with E-state index in [9.17, 15) is 4.79 Å². The first kappa shape index (κ1) is 11.0. The average molecular weight is 235 g/mol. The number of nitrogens with zero attached hydrogens (tertiary/aromatic N) is 1. The standard InChI is InChI=1S/C12H11ClN2O/c1-12(5-6-12)11(16)15-8-3-4-10(14-2)9(13)7-8/h3-4,7H,5-6H2,1H3,(H,15,16). The third-order valence-electron chi connectivity index (χ3n) is 2.87. The highest BCUT2D eigenvalue weighted by molar-refractivity contribution is 6.33. The maximum Gasteiger partial charge on any atom is 0.230 e. The normalized spacial score (nSPS) is 16.3. The molecule has 0 unspecified atom stereocenters. The molecule has 3 nitrogen and oxygen atoms in total. The summed E-state index contributed by atoms with van der Waals surface area (Å²) in [7, 11) is 0. The lowest BCUT2D eigenvalue weighted by Crippen LogP contribution is -2.21. The highest BCUT2D eigenvalue weighted by atomic mass is 35.5. The van der Waals surface area contributed by atoms with Gasteiger partial charge in [0.15, 0.2) is 0 Å². The number of amides is 1. The van der Waals surface area contributed by atoms with Crippen LogP contribution in [0.3, 0.4) is 0 Å². The van der Waals surface area contributed by atoms with Gasteiger partial charge in [-0.1, -0.05) is 24.6 Å². The zero-order chi connectivity index (χ0) is 11.8. The van der Waals surface area contributed by atoms with Crippen LogP contribution in [0.4, 0.5) is 11.4 Å². The molecular weight excluding hydrogens is 224 g/mol. The van der Waals surface area contributed by atoms with Gasteiger partial charge in [0.25, 0.3) is 0 Å². The highest BCUT2D eigenvalue weighted by Gasteiger charge is 2.44. The van der Waals surface area contributed by atoms with Crippen LogP contribution in [0.5, 0.6) is 0 Å². The van der Waals surface area contributed by atoms with E-state index >= 15 is 0 Å². The lowest BCUT2D eigenvalue weighted by Gasteiger charge is -2.10. The fraction of sp³-hybridized carbons (Fsp3) is 0.333. The number of nitrogens with one attached hydrogen (secondary N) is 1. The molecular formula is C12H11ClN2O. The van der Waals surface area contributed by atoms with Crippen LogP contribution in [0, 0.1) is 12.0 Å². The van der Waals surface area contributed by atoms with E-state index in [-0.39, 0.29) is 11.3 Å². The van der Waals surface area contributed by atoms with Gasteiger partial charge in [-0.05, 0) is 25.0 Å². The van der Waals surface area contributed by atoms with E-state index < -0.39 is 0 Å². The quantitative estimate of drug-likeness (QED) is 0.779. The fourth-order valence-electron chi connectivity index (χ4n) is 1.37. The van der Waals surface area contributed by atoms with Gasteiger partial charge in [0.05, 0.1) is 6.57 Å². The molecule has 0 radical (unpaired) electrons. The maximum absolute atomic E-state index is 11.7. The van der Waals surface area contributed by atoms with E-state index in [4.69, 9.17) is 18.2 Å². The summed E-state index contributed by atoms with van der Waals surface area (Å²) in [4.78, 5) is 15.0. The van der Waals surface area contributed by atoms with Crippen LogP contribution in [-0.4, -0.2) is 5.91 Å². The molecule has 0 aromatic heterocycles. The summed E-state index contributed by atoms with van der Waals surface area (Å²) in [6, 6.07) is 4.92. The van der Waals surface area contributed by atoms with Crippen LogP contribution in [0.25, 0.3) is 4.85 Å². The van der Waals surface area contributed by atoms with Gasteiger partial charge in [-0.2, -0.15) is 0 Å². The molecule has 4 heteroatoms. The number of halogens is 1. The summed E-state index contributed by atoms with van der Waals surface area (Å²) in [5, 5.41) is 3.18. The SMILES string of the molecule is [C-]#[N+]c1ccc(NC(=O)C2(C)CC2)cc1Cl. The van der Waals surface area contributed by atoms with Crippen molar-refractivity contribution < 1.29 is 4.79 Å². The molecule has 1 saturated carbocycles. The molecule has 1 aromatic rings. The number of carbonyl (C=O) groups is 1. The van der Waals surface area contributed by atoms with E-state index in [0.717, 1.165) is 12.8 Å². The molecule has 1 aliphatic rings. The molecule has 0 spiro atoms. The van der Waals surface area contributed by atoms with E-state index in [2.05, 4.69) is 10.2 Å². The lowest BCUT2D eigenvalue weighted by molar-refractivity contribution is -0.120. The maximum atomic E-state index is 11.7. The van der Waals surface area contributed by atoms with Crippen molar-refractivity contribution in [3.05, 3.63) is 34.6 Å². The molecule has 0 heterocycles. The van der Waals surface area contributed by atoms with Crippen molar-refractivity contribution >= 4 is 28.9 Å². The van der Waals surface area contributed by atoms with Crippen LogP contribution in [0.15, 0.2) is 18.2 Å². The number of hydrogen-bond donors (Lipinski definition) is 1. The van der Waals surface area contributed by atoms with Gasteiger partial charge in [0.2, 0.25) is 11.6 Å². The van der Waals surface area contributed by atoms with Crippen LogP contribution in [0.2, 0.25) is 5.02 Å². The van der Waals surface area contributed by atoms with Crippen LogP contribution in [-0.2, 0) is 4.79 Å². The first-order valence-corrected chi connectivity index (χ1v) is 5.41. The predicted octanol–water partition coefficient (Wildman–Crippen LogP) is 3.63. The van der Waals surface area contributed by atoms with E-state index in [1.807, 2.05) is 6.92 Å². The van der Waals surface area contributed by atoms with Crippen molar-refractivity contribution in [3.63, 3.8) is 0 Å². The Morgan fingerprint density at radius 3 is 2.75 bits per heavy atom. The zero-order valence-corrected chi connectivity index (χ0v) is 9.64. The van der Waals surface area contributed by atoms with Crippen molar-refractivity contribution in [2.75, 3.05) is 5.32 Å². The fourth-order valence-corrected chi connectivity index (χ4v) is 1.59. The highest BCUT2D eigenvalue weighted by Crippen LogP contribution is 2.45. The Morgan fingerprint density at radius 2 is 2.25 bits per heavy atom. The zero-order valence-electron chi connectivity index (χ0n) is 8.88. The largest absolute Gasteiger partial charge is 0.326 e. The first-order chi connectivity index (χ1) is 7.55. The summed E-state index contributed by atoms with van der Waals surface area (Å²) in [5.41, 5.74) is 0.845. The summed E-state index contributed by atoms with van der Waals surface area (Å²) in [5.74, 6) is 0.0270. The number of anilines is 1. The topological polar surface area (TPSA) is 33.5 Å². The van der Waals surface area contributed by atoms with Crippen molar-refractivity contribution in [2.24, 2.45) is 5.41 Å². The van der Waals surface area contributed by atoms with Gasteiger partial charge in [-0.15, -0.1) is 0 Å². The van der Waals surface area contributed by atoms with Gasteiger partial charge < -0.3 is 5.32 Å². The number of benzene rings is 1. The van der Waals surface area contributed by atoms with E-state index in [1.54, 1.807) is 18.2 Å². The third-order valence-corrected chi connectivity index (χ3v) is 3.18. The van der Waals surface area contributed by atoms with Gasteiger partial charge >= 0.3 is 0 Å². The van der Waals surface area contributed by atoms with Crippen molar-refractivity contribution in [3.8, 4) is 0 Å². The van der Waals surface area contributed by atoms with E-state index in [1.165, 1.54) is 0 Å². The van der Waals surface area contributed by atoms with Crippen LogP contribution >= 0.6 is 11.6 Å². The predicted molar refractivity (Wildman–Crippen MR) is 63.7 cm³/mol. The molecule has 1 fully saturated rings. The molecule has 1 aliphatic carbocycles. The summed E-state index contributed by atoms with van der Waals surface area (Å²) in [6.07, 6.45) is 1.87. The molecule has 0 aliphatic heterocycles. The Morgan fingerprint density at radius 1 is 1.56 bits per heavy atom. The Balaban J connectivity index is 2.14. The summed E-state index contributed by atoms with van der Waals surface area (Å²) < 4.78 is 0. The molecule has 0 atom stereocenters.